The van der Waals surface area contributed by atoms with Gasteiger partial charge in [-0.05, 0) is 70.3 Å². The lowest BCUT2D eigenvalue weighted by atomic mass is 9.88. The van der Waals surface area contributed by atoms with Crippen molar-refractivity contribution in [3.63, 3.8) is 0 Å². The molecule has 0 unspecified atom stereocenters. The molecule has 0 N–H and O–H groups in total. The third-order valence-electron chi connectivity index (χ3n) is 10.2. The molecule has 0 saturated carbocycles. The number of nitrogens with zero attached hydrogens (tertiary/aromatic N) is 4. The van der Waals surface area contributed by atoms with Gasteiger partial charge < -0.3 is 0 Å². The SMILES string of the molecule is N#Cc1ccccc1-c1ccccc1-c1ccccc1-c1cc(-n2c3ccccc3c3ccccc32)nc(-n2c3ccccc3c3ccccc32)c1. The smallest absolute Gasteiger partial charge is 0.140 e. The van der Waals surface area contributed by atoms with Gasteiger partial charge in [0.15, 0.2) is 0 Å². The topological polar surface area (TPSA) is 46.5 Å². The van der Waals surface area contributed by atoms with E-state index in [1.165, 1.54) is 21.5 Å². The molecule has 0 spiro atoms. The summed E-state index contributed by atoms with van der Waals surface area (Å²) in [6.07, 6.45) is 0. The molecule has 4 heteroatoms. The first-order valence-electron chi connectivity index (χ1n) is 17.5. The van der Waals surface area contributed by atoms with Crippen LogP contribution in [-0.4, -0.2) is 14.1 Å². The minimum absolute atomic E-state index is 0.652. The second kappa shape index (κ2) is 12.0. The molecule has 0 aliphatic carbocycles. The number of hydrogen-bond donors (Lipinski definition) is 0. The maximum Gasteiger partial charge on any atom is 0.140 e. The van der Waals surface area contributed by atoms with Gasteiger partial charge in [0.25, 0.3) is 0 Å². The van der Waals surface area contributed by atoms with Crippen LogP contribution in [0.1, 0.15) is 5.56 Å². The third-order valence-corrected chi connectivity index (χ3v) is 10.2. The number of fused-ring (bicyclic) bond motifs is 6. The molecule has 0 aliphatic heterocycles. The van der Waals surface area contributed by atoms with Crippen molar-refractivity contribution in [1.82, 2.24) is 14.1 Å². The molecule has 7 aromatic carbocycles. The van der Waals surface area contributed by atoms with Gasteiger partial charge in [-0.1, -0.05) is 140 Å². The molecule has 10 rings (SSSR count). The lowest BCUT2D eigenvalue weighted by Gasteiger charge is -2.18. The minimum Gasteiger partial charge on any atom is -0.294 e. The summed E-state index contributed by atoms with van der Waals surface area (Å²) in [5.41, 5.74) is 11.3. The molecule has 0 fully saturated rings. The number of pyridine rings is 1. The van der Waals surface area contributed by atoms with E-state index in [1.807, 2.05) is 30.3 Å². The number of nitriles is 1. The van der Waals surface area contributed by atoms with Gasteiger partial charge in [0.05, 0.1) is 33.7 Å². The molecular weight excluding hydrogens is 633 g/mol. The predicted octanol–water partition coefficient (Wildman–Crippen LogP) is 12.1. The van der Waals surface area contributed by atoms with Gasteiger partial charge in [0.1, 0.15) is 11.6 Å². The number of rotatable bonds is 5. The molecule has 0 radical (unpaired) electrons. The van der Waals surface area contributed by atoms with E-state index in [-0.39, 0.29) is 0 Å². The Balaban J connectivity index is 1.30. The van der Waals surface area contributed by atoms with Crippen molar-refractivity contribution in [1.29, 1.82) is 5.26 Å². The van der Waals surface area contributed by atoms with Crippen LogP contribution in [0.25, 0.3) is 88.6 Å². The first-order chi connectivity index (χ1) is 25.8. The van der Waals surface area contributed by atoms with Crippen LogP contribution in [0.15, 0.2) is 182 Å². The van der Waals surface area contributed by atoms with Crippen molar-refractivity contribution < 1.29 is 0 Å². The predicted molar refractivity (Wildman–Crippen MR) is 214 cm³/mol. The molecule has 0 aliphatic rings. The van der Waals surface area contributed by atoms with E-state index in [2.05, 4.69) is 167 Å². The minimum atomic E-state index is 0.652. The van der Waals surface area contributed by atoms with Crippen LogP contribution in [0.4, 0.5) is 0 Å². The van der Waals surface area contributed by atoms with Gasteiger partial charge in [0.2, 0.25) is 0 Å². The molecular formula is C48H30N4. The Morgan fingerprint density at radius 2 is 0.692 bits per heavy atom. The zero-order valence-corrected chi connectivity index (χ0v) is 28.1. The van der Waals surface area contributed by atoms with Gasteiger partial charge in [0, 0.05) is 27.1 Å². The van der Waals surface area contributed by atoms with Crippen molar-refractivity contribution >= 4 is 43.6 Å². The van der Waals surface area contributed by atoms with Crippen molar-refractivity contribution in [2.24, 2.45) is 0 Å². The van der Waals surface area contributed by atoms with Crippen molar-refractivity contribution in [2.75, 3.05) is 0 Å². The summed E-state index contributed by atoms with van der Waals surface area (Å²) in [6, 6.07) is 65.9. The van der Waals surface area contributed by atoms with E-state index in [9.17, 15) is 5.26 Å². The lowest BCUT2D eigenvalue weighted by Crippen LogP contribution is -2.04. The van der Waals surface area contributed by atoms with Crippen LogP contribution in [-0.2, 0) is 0 Å². The normalized spacial score (nSPS) is 11.4. The molecule has 0 bridgehead atoms. The lowest BCUT2D eigenvalue weighted by molar-refractivity contribution is 1.01. The molecule has 3 heterocycles. The van der Waals surface area contributed by atoms with Gasteiger partial charge in [-0.15, -0.1) is 0 Å². The summed E-state index contributed by atoms with van der Waals surface area (Å²) in [6.45, 7) is 0. The van der Waals surface area contributed by atoms with Crippen LogP contribution >= 0.6 is 0 Å². The Morgan fingerprint density at radius 1 is 0.365 bits per heavy atom. The van der Waals surface area contributed by atoms with Crippen LogP contribution in [0, 0.1) is 11.3 Å². The molecule has 4 nitrogen and oxygen atoms in total. The fourth-order valence-electron chi connectivity index (χ4n) is 7.96. The number of para-hydroxylation sites is 4. The van der Waals surface area contributed by atoms with Crippen molar-refractivity contribution in [3.8, 4) is 51.1 Å². The Labute approximate surface area is 300 Å². The number of aromatic nitrogens is 3. The number of hydrogen-bond acceptors (Lipinski definition) is 2. The Kier molecular flexibility index (Phi) is 6.84. The van der Waals surface area contributed by atoms with Crippen LogP contribution < -0.4 is 0 Å². The third kappa shape index (κ3) is 4.57. The van der Waals surface area contributed by atoms with Gasteiger partial charge in [-0.3, -0.25) is 9.13 Å². The monoisotopic (exact) mass is 662 g/mol. The Hall–Kier alpha value is -7.22. The quantitative estimate of drug-likeness (QED) is 0.184. The van der Waals surface area contributed by atoms with E-state index in [1.54, 1.807) is 0 Å². The van der Waals surface area contributed by atoms with E-state index >= 15 is 0 Å². The van der Waals surface area contributed by atoms with Crippen LogP contribution in [0.2, 0.25) is 0 Å². The van der Waals surface area contributed by atoms with Gasteiger partial charge in [-0.2, -0.15) is 5.26 Å². The maximum absolute atomic E-state index is 10.1. The van der Waals surface area contributed by atoms with E-state index < -0.39 is 0 Å². The van der Waals surface area contributed by atoms with Gasteiger partial charge in [-0.25, -0.2) is 4.98 Å². The van der Waals surface area contributed by atoms with Crippen LogP contribution in [0.3, 0.4) is 0 Å². The Morgan fingerprint density at radius 3 is 1.13 bits per heavy atom. The zero-order chi connectivity index (χ0) is 34.6. The molecule has 3 aromatic heterocycles. The van der Waals surface area contributed by atoms with E-state index in [0.29, 0.717) is 5.56 Å². The standard InChI is InChI=1S/C48H30N4/c49-31-32-15-1-2-16-34(32)36-18-5-6-20-38(36)37-19-4-3-17-35(37)33-29-47(51-43-25-11-7-21-39(43)40-22-8-12-26-44(40)51)50-48(30-33)52-45-27-13-9-23-41(45)42-24-10-14-28-46(42)52/h1-30H. The fraction of sp³-hybridized carbons (Fsp3) is 0. The van der Waals surface area contributed by atoms with Crippen molar-refractivity contribution in [2.45, 2.75) is 0 Å². The highest BCUT2D eigenvalue weighted by Crippen LogP contribution is 2.41. The molecule has 242 valence electrons. The number of benzene rings is 7. The zero-order valence-electron chi connectivity index (χ0n) is 28.1. The summed E-state index contributed by atoms with van der Waals surface area (Å²) >= 11 is 0. The average Bonchev–Trinajstić information content (AvgIpc) is 3.74. The highest BCUT2D eigenvalue weighted by Gasteiger charge is 2.20. The van der Waals surface area contributed by atoms with Gasteiger partial charge >= 0.3 is 0 Å². The summed E-state index contributed by atoms with van der Waals surface area (Å²) in [4.78, 5) is 5.52. The molecule has 0 amide bonds. The maximum atomic E-state index is 10.1. The average molecular weight is 663 g/mol. The molecule has 0 atom stereocenters. The second-order valence-corrected chi connectivity index (χ2v) is 13.1. The highest BCUT2D eigenvalue weighted by atomic mass is 15.1. The van der Waals surface area contributed by atoms with E-state index in [0.717, 1.165) is 67.1 Å². The molecule has 10 aromatic rings. The summed E-state index contributed by atoms with van der Waals surface area (Å²) in [5, 5.41) is 14.8. The fourth-order valence-corrected chi connectivity index (χ4v) is 7.96. The molecule has 0 saturated heterocycles. The van der Waals surface area contributed by atoms with Crippen molar-refractivity contribution in [3.05, 3.63) is 188 Å². The summed E-state index contributed by atoms with van der Waals surface area (Å²) in [5.74, 6) is 1.68. The van der Waals surface area contributed by atoms with E-state index in [4.69, 9.17) is 4.98 Å². The first kappa shape index (κ1) is 29.7. The first-order valence-corrected chi connectivity index (χ1v) is 17.5. The largest absolute Gasteiger partial charge is 0.294 e. The summed E-state index contributed by atoms with van der Waals surface area (Å²) < 4.78 is 4.59. The van der Waals surface area contributed by atoms with Crippen LogP contribution in [0.5, 0.6) is 0 Å². The molecule has 52 heavy (non-hydrogen) atoms. The second-order valence-electron chi connectivity index (χ2n) is 13.1. The Bertz CT molecular complexity index is 2810. The highest BCUT2D eigenvalue weighted by molar-refractivity contribution is 6.10. The summed E-state index contributed by atoms with van der Waals surface area (Å²) in [7, 11) is 0.